The van der Waals surface area contributed by atoms with E-state index < -0.39 is 0 Å². The molecule has 0 radical (unpaired) electrons. The van der Waals surface area contributed by atoms with E-state index in [-0.39, 0.29) is 0 Å². The van der Waals surface area contributed by atoms with Crippen molar-refractivity contribution in [1.82, 2.24) is 10.3 Å². The number of hydrogen-bond acceptors (Lipinski definition) is 4. The lowest BCUT2D eigenvalue weighted by Gasteiger charge is -2.21. The van der Waals surface area contributed by atoms with E-state index in [1.807, 2.05) is 24.3 Å². The smallest absolute Gasteiger partial charge is 0.120 e. The van der Waals surface area contributed by atoms with Crippen molar-refractivity contribution >= 4 is 21.6 Å². The van der Waals surface area contributed by atoms with Gasteiger partial charge in [-0.15, -0.1) is 11.3 Å². The highest BCUT2D eigenvalue weighted by Gasteiger charge is 2.15. The lowest BCUT2D eigenvalue weighted by Crippen LogP contribution is -2.30. The van der Waals surface area contributed by atoms with Crippen LogP contribution in [0.1, 0.15) is 24.8 Å². The molecule has 1 fully saturated rings. The number of rotatable bonds is 4. The van der Waals surface area contributed by atoms with E-state index in [0.717, 1.165) is 30.1 Å². The molecule has 1 aromatic heterocycles. The summed E-state index contributed by atoms with van der Waals surface area (Å²) in [6.07, 6.45) is 3.73. The Morgan fingerprint density at radius 1 is 1.47 bits per heavy atom. The standard InChI is InChI=1S/C15H20N2OS/c1-2-18-12-5-6-13-14(9-12)19-15(17-13)8-11-4-3-7-16-10-11/h5-6,9,11,16H,2-4,7-8,10H2,1H3. The molecule has 2 heterocycles. The first-order valence-electron chi connectivity index (χ1n) is 7.08. The van der Waals surface area contributed by atoms with E-state index in [1.54, 1.807) is 0 Å². The Balaban J connectivity index is 1.76. The number of aromatic nitrogens is 1. The molecular weight excluding hydrogens is 256 g/mol. The zero-order valence-electron chi connectivity index (χ0n) is 11.3. The SMILES string of the molecule is CCOc1ccc2nc(CC3CCCNC3)sc2c1. The predicted molar refractivity (Wildman–Crippen MR) is 80.1 cm³/mol. The van der Waals surface area contributed by atoms with Gasteiger partial charge in [0.1, 0.15) is 5.75 Å². The summed E-state index contributed by atoms with van der Waals surface area (Å²) >= 11 is 1.81. The molecular formula is C15H20N2OS. The van der Waals surface area contributed by atoms with Crippen LogP contribution in [0.2, 0.25) is 0 Å². The molecule has 4 heteroatoms. The third-order valence-electron chi connectivity index (χ3n) is 3.58. The van der Waals surface area contributed by atoms with Gasteiger partial charge in [-0.2, -0.15) is 0 Å². The lowest BCUT2D eigenvalue weighted by molar-refractivity contribution is 0.341. The van der Waals surface area contributed by atoms with Gasteiger partial charge in [0.05, 0.1) is 21.8 Å². The summed E-state index contributed by atoms with van der Waals surface area (Å²) in [4.78, 5) is 4.74. The van der Waals surface area contributed by atoms with Crippen LogP contribution in [0.5, 0.6) is 5.75 Å². The summed E-state index contributed by atoms with van der Waals surface area (Å²) in [7, 11) is 0. The first kappa shape index (κ1) is 12.9. The highest BCUT2D eigenvalue weighted by atomic mass is 32.1. The summed E-state index contributed by atoms with van der Waals surface area (Å²) in [5, 5.41) is 4.73. The van der Waals surface area contributed by atoms with Crippen molar-refractivity contribution in [3.63, 3.8) is 0 Å². The molecule has 102 valence electrons. The highest BCUT2D eigenvalue weighted by Crippen LogP contribution is 2.28. The number of benzene rings is 1. The monoisotopic (exact) mass is 276 g/mol. The van der Waals surface area contributed by atoms with Crippen molar-refractivity contribution in [1.29, 1.82) is 0 Å². The number of piperidine rings is 1. The third-order valence-corrected chi connectivity index (χ3v) is 4.62. The zero-order chi connectivity index (χ0) is 13.1. The van der Waals surface area contributed by atoms with Crippen LogP contribution >= 0.6 is 11.3 Å². The lowest BCUT2D eigenvalue weighted by atomic mass is 9.97. The van der Waals surface area contributed by atoms with Crippen molar-refractivity contribution in [2.24, 2.45) is 5.92 Å². The van der Waals surface area contributed by atoms with Crippen molar-refractivity contribution < 1.29 is 4.74 Å². The maximum Gasteiger partial charge on any atom is 0.120 e. The van der Waals surface area contributed by atoms with E-state index >= 15 is 0 Å². The van der Waals surface area contributed by atoms with Crippen molar-refractivity contribution in [3.8, 4) is 5.75 Å². The van der Waals surface area contributed by atoms with Crippen LogP contribution in [0.15, 0.2) is 18.2 Å². The molecule has 1 aliphatic heterocycles. The molecule has 1 saturated heterocycles. The summed E-state index contributed by atoms with van der Waals surface area (Å²) < 4.78 is 6.78. The Morgan fingerprint density at radius 3 is 3.21 bits per heavy atom. The van der Waals surface area contributed by atoms with E-state index in [4.69, 9.17) is 9.72 Å². The van der Waals surface area contributed by atoms with Gasteiger partial charge in [-0.3, -0.25) is 0 Å². The molecule has 0 spiro atoms. The molecule has 1 N–H and O–H groups in total. The minimum atomic E-state index is 0.713. The summed E-state index contributed by atoms with van der Waals surface area (Å²) in [6, 6.07) is 6.19. The van der Waals surface area contributed by atoms with Crippen molar-refractivity contribution in [3.05, 3.63) is 23.2 Å². The Morgan fingerprint density at radius 2 is 2.42 bits per heavy atom. The fourth-order valence-corrected chi connectivity index (χ4v) is 3.75. The van der Waals surface area contributed by atoms with Gasteiger partial charge in [-0.05, 0) is 57.0 Å². The molecule has 1 unspecified atom stereocenters. The molecule has 3 rings (SSSR count). The molecule has 0 amide bonds. The zero-order valence-corrected chi connectivity index (χ0v) is 12.1. The van der Waals surface area contributed by atoms with Gasteiger partial charge in [0.25, 0.3) is 0 Å². The molecule has 19 heavy (non-hydrogen) atoms. The van der Waals surface area contributed by atoms with Crippen LogP contribution in [0.25, 0.3) is 10.2 Å². The van der Waals surface area contributed by atoms with Crippen LogP contribution in [0.4, 0.5) is 0 Å². The Kier molecular flexibility index (Phi) is 3.99. The normalized spacial score (nSPS) is 19.7. The van der Waals surface area contributed by atoms with Gasteiger partial charge in [-0.1, -0.05) is 0 Å². The fraction of sp³-hybridized carbons (Fsp3) is 0.533. The van der Waals surface area contributed by atoms with E-state index in [2.05, 4.69) is 17.4 Å². The summed E-state index contributed by atoms with van der Waals surface area (Å²) in [5.74, 6) is 1.70. The second-order valence-electron chi connectivity index (χ2n) is 5.09. The van der Waals surface area contributed by atoms with Crippen LogP contribution in [-0.2, 0) is 6.42 Å². The molecule has 1 atom stereocenters. The van der Waals surface area contributed by atoms with Crippen molar-refractivity contribution in [2.75, 3.05) is 19.7 Å². The highest BCUT2D eigenvalue weighted by molar-refractivity contribution is 7.18. The maximum atomic E-state index is 5.54. The van der Waals surface area contributed by atoms with Gasteiger partial charge >= 0.3 is 0 Å². The van der Waals surface area contributed by atoms with E-state index in [9.17, 15) is 0 Å². The first-order valence-corrected chi connectivity index (χ1v) is 7.90. The van der Waals surface area contributed by atoms with E-state index in [1.165, 1.54) is 29.1 Å². The fourth-order valence-electron chi connectivity index (χ4n) is 2.64. The quantitative estimate of drug-likeness (QED) is 0.931. The Bertz CT molecular complexity index is 546. The number of nitrogens with one attached hydrogen (secondary N) is 1. The summed E-state index contributed by atoms with van der Waals surface area (Å²) in [6.45, 7) is 5.04. The van der Waals surface area contributed by atoms with Gasteiger partial charge in [-0.25, -0.2) is 4.98 Å². The number of fused-ring (bicyclic) bond motifs is 1. The second kappa shape index (κ2) is 5.88. The van der Waals surface area contributed by atoms with Crippen LogP contribution < -0.4 is 10.1 Å². The second-order valence-corrected chi connectivity index (χ2v) is 6.20. The molecule has 0 saturated carbocycles. The average molecular weight is 276 g/mol. The minimum Gasteiger partial charge on any atom is -0.494 e. The number of hydrogen-bond donors (Lipinski definition) is 1. The van der Waals surface area contributed by atoms with Gasteiger partial charge in [0.15, 0.2) is 0 Å². The summed E-state index contributed by atoms with van der Waals surface area (Å²) in [5.41, 5.74) is 1.10. The number of nitrogens with zero attached hydrogens (tertiary/aromatic N) is 1. The van der Waals surface area contributed by atoms with Crippen LogP contribution in [0.3, 0.4) is 0 Å². The largest absolute Gasteiger partial charge is 0.494 e. The number of thiazole rings is 1. The van der Waals surface area contributed by atoms with Crippen molar-refractivity contribution in [2.45, 2.75) is 26.2 Å². The van der Waals surface area contributed by atoms with Crippen LogP contribution in [0, 0.1) is 5.92 Å². The Labute approximate surface area is 118 Å². The molecule has 2 aromatic rings. The topological polar surface area (TPSA) is 34.1 Å². The first-order chi connectivity index (χ1) is 9.35. The van der Waals surface area contributed by atoms with Gasteiger partial charge in [0, 0.05) is 6.42 Å². The van der Waals surface area contributed by atoms with Gasteiger partial charge < -0.3 is 10.1 Å². The molecule has 3 nitrogen and oxygen atoms in total. The van der Waals surface area contributed by atoms with Gasteiger partial charge in [0.2, 0.25) is 0 Å². The van der Waals surface area contributed by atoms with E-state index in [0.29, 0.717) is 6.61 Å². The molecule has 0 bridgehead atoms. The Hall–Kier alpha value is -1.13. The number of ether oxygens (including phenoxy) is 1. The minimum absolute atomic E-state index is 0.713. The molecule has 1 aromatic carbocycles. The predicted octanol–water partition coefficient (Wildman–Crippen LogP) is 3.24. The maximum absolute atomic E-state index is 5.54. The van der Waals surface area contributed by atoms with Crippen LogP contribution in [-0.4, -0.2) is 24.7 Å². The average Bonchev–Trinajstić information content (AvgIpc) is 2.82. The molecule has 0 aliphatic carbocycles. The molecule has 1 aliphatic rings. The third kappa shape index (κ3) is 3.07.